The van der Waals surface area contributed by atoms with Crippen molar-refractivity contribution in [3.05, 3.63) is 0 Å². The maximum absolute atomic E-state index is 11.3. The predicted molar refractivity (Wildman–Crippen MR) is 57.2 cm³/mol. The molecule has 4 atom stereocenters. The van der Waals surface area contributed by atoms with Gasteiger partial charge in [0.15, 0.2) is 0 Å². The van der Waals surface area contributed by atoms with Crippen molar-refractivity contribution in [2.45, 2.75) is 44.9 Å². The van der Waals surface area contributed by atoms with Gasteiger partial charge in [-0.2, -0.15) is 0 Å². The van der Waals surface area contributed by atoms with Gasteiger partial charge in [0.2, 0.25) is 0 Å². The van der Waals surface area contributed by atoms with E-state index in [1.165, 1.54) is 32.1 Å². The molecule has 0 aromatic rings. The van der Waals surface area contributed by atoms with Crippen LogP contribution in [0.2, 0.25) is 0 Å². The second-order valence-electron chi connectivity index (χ2n) is 5.67. The molecule has 3 rings (SSSR count). The van der Waals surface area contributed by atoms with E-state index in [1.54, 1.807) is 0 Å². The van der Waals surface area contributed by atoms with Crippen LogP contribution < -0.4 is 0 Å². The first kappa shape index (κ1) is 9.68. The molecular weight excluding hydrogens is 188 g/mol. The number of rotatable bonds is 3. The minimum Gasteiger partial charge on any atom is -0.465 e. The Kier molecular flexibility index (Phi) is 2.45. The van der Waals surface area contributed by atoms with Gasteiger partial charge in [-0.05, 0) is 56.3 Å². The summed E-state index contributed by atoms with van der Waals surface area (Å²) < 4.78 is 5.00. The number of fused-ring (bicyclic) bond motifs is 2. The summed E-state index contributed by atoms with van der Waals surface area (Å²) in [4.78, 5) is 11.3. The molecule has 1 heterocycles. The van der Waals surface area contributed by atoms with Crippen molar-refractivity contribution in [2.24, 2.45) is 23.7 Å². The Morgan fingerprint density at radius 3 is 2.67 bits per heavy atom. The van der Waals surface area contributed by atoms with E-state index in [4.69, 9.17) is 4.74 Å². The Morgan fingerprint density at radius 2 is 2.07 bits per heavy atom. The summed E-state index contributed by atoms with van der Waals surface area (Å²) in [5, 5.41) is 0. The molecule has 0 N–H and O–H groups in total. The van der Waals surface area contributed by atoms with E-state index >= 15 is 0 Å². The number of carbonyl (C=O) groups excluding carboxylic acids is 1. The summed E-state index contributed by atoms with van der Waals surface area (Å²) in [6.45, 7) is 0.667. The van der Waals surface area contributed by atoms with Crippen LogP contribution in [0.4, 0.5) is 0 Å². The van der Waals surface area contributed by atoms with Gasteiger partial charge in [0.1, 0.15) is 0 Å². The lowest BCUT2D eigenvalue weighted by Gasteiger charge is -2.22. The van der Waals surface area contributed by atoms with Crippen molar-refractivity contribution in [1.29, 1.82) is 0 Å². The molecule has 0 radical (unpaired) electrons. The molecule has 1 saturated heterocycles. The lowest BCUT2D eigenvalue weighted by atomic mass is 9.83. The molecule has 3 aliphatic rings. The summed E-state index contributed by atoms with van der Waals surface area (Å²) in [5.41, 5.74) is 0. The fraction of sp³-hybridized carbons (Fsp3) is 0.923. The average Bonchev–Trinajstić information content (AvgIpc) is 2.90. The first-order valence-corrected chi connectivity index (χ1v) is 6.49. The molecule has 0 amide bonds. The quantitative estimate of drug-likeness (QED) is 0.667. The van der Waals surface area contributed by atoms with Crippen LogP contribution in [0.25, 0.3) is 0 Å². The molecule has 3 fully saturated rings. The molecule has 4 unspecified atom stereocenters. The van der Waals surface area contributed by atoms with Gasteiger partial charge in [-0.1, -0.05) is 6.42 Å². The first-order chi connectivity index (χ1) is 7.33. The van der Waals surface area contributed by atoms with E-state index < -0.39 is 0 Å². The molecule has 0 spiro atoms. The van der Waals surface area contributed by atoms with Crippen molar-refractivity contribution in [3.8, 4) is 0 Å². The fourth-order valence-corrected chi connectivity index (χ4v) is 3.94. The van der Waals surface area contributed by atoms with Gasteiger partial charge in [-0.25, -0.2) is 0 Å². The number of hydrogen-bond acceptors (Lipinski definition) is 2. The van der Waals surface area contributed by atoms with Crippen LogP contribution in [0, 0.1) is 23.7 Å². The molecule has 2 heteroatoms. The van der Waals surface area contributed by atoms with E-state index in [2.05, 4.69) is 0 Å². The normalized spacial score (nSPS) is 43.6. The lowest BCUT2D eigenvalue weighted by Crippen LogP contribution is -2.14. The third kappa shape index (κ3) is 1.79. The molecule has 84 valence electrons. The molecule has 2 bridgehead atoms. The zero-order valence-corrected chi connectivity index (χ0v) is 9.28. The molecule has 0 aromatic carbocycles. The van der Waals surface area contributed by atoms with Crippen molar-refractivity contribution < 1.29 is 9.53 Å². The number of hydrogen-bond donors (Lipinski definition) is 0. The average molecular weight is 208 g/mol. The second kappa shape index (κ2) is 3.80. The zero-order chi connectivity index (χ0) is 10.3. The van der Waals surface area contributed by atoms with Gasteiger partial charge in [0, 0.05) is 0 Å². The van der Waals surface area contributed by atoms with Gasteiger partial charge in [-0.15, -0.1) is 0 Å². The molecule has 2 aliphatic carbocycles. The minimum absolute atomic E-state index is 0.0677. The molecule has 15 heavy (non-hydrogen) atoms. The smallest absolute Gasteiger partial charge is 0.309 e. The van der Waals surface area contributed by atoms with Crippen LogP contribution in [-0.2, 0) is 9.53 Å². The molecule has 2 nitrogen and oxygen atoms in total. The molecule has 0 aromatic heterocycles. The highest BCUT2D eigenvalue weighted by molar-refractivity contribution is 5.73. The van der Waals surface area contributed by atoms with Crippen LogP contribution in [0.3, 0.4) is 0 Å². The third-order valence-electron chi connectivity index (χ3n) is 4.81. The maximum Gasteiger partial charge on any atom is 0.309 e. The molecule has 1 aliphatic heterocycles. The van der Waals surface area contributed by atoms with Gasteiger partial charge < -0.3 is 4.74 Å². The van der Waals surface area contributed by atoms with Gasteiger partial charge in [0.05, 0.1) is 12.5 Å². The Hall–Kier alpha value is -0.530. The van der Waals surface area contributed by atoms with Crippen LogP contribution in [0.5, 0.6) is 0 Å². The minimum atomic E-state index is 0.0677. The molecule has 2 saturated carbocycles. The van der Waals surface area contributed by atoms with Gasteiger partial charge in [-0.3, -0.25) is 4.79 Å². The van der Waals surface area contributed by atoms with E-state index in [-0.39, 0.29) is 11.9 Å². The monoisotopic (exact) mass is 208 g/mol. The molecular formula is C13H20O2. The van der Waals surface area contributed by atoms with E-state index in [0.29, 0.717) is 6.61 Å². The van der Waals surface area contributed by atoms with Crippen LogP contribution in [-0.4, -0.2) is 12.6 Å². The first-order valence-electron chi connectivity index (χ1n) is 6.49. The van der Waals surface area contributed by atoms with Crippen LogP contribution in [0.15, 0.2) is 0 Å². The largest absolute Gasteiger partial charge is 0.465 e. The predicted octanol–water partition coefficient (Wildman–Crippen LogP) is 2.77. The highest BCUT2D eigenvalue weighted by Gasteiger charge is 2.39. The van der Waals surface area contributed by atoms with E-state index in [1.807, 2.05) is 0 Å². The van der Waals surface area contributed by atoms with Crippen LogP contribution >= 0.6 is 0 Å². The highest BCUT2D eigenvalue weighted by atomic mass is 16.5. The second-order valence-corrected chi connectivity index (χ2v) is 5.67. The fourth-order valence-electron chi connectivity index (χ4n) is 3.94. The summed E-state index contributed by atoms with van der Waals surface area (Å²) in [6, 6.07) is 0. The van der Waals surface area contributed by atoms with E-state index in [0.717, 1.165) is 30.6 Å². The van der Waals surface area contributed by atoms with Crippen molar-refractivity contribution in [1.82, 2.24) is 0 Å². The zero-order valence-electron chi connectivity index (χ0n) is 9.28. The van der Waals surface area contributed by atoms with Crippen molar-refractivity contribution >= 4 is 5.97 Å². The third-order valence-corrected chi connectivity index (χ3v) is 4.81. The number of esters is 1. The van der Waals surface area contributed by atoms with E-state index in [9.17, 15) is 4.79 Å². The lowest BCUT2D eigenvalue weighted by molar-refractivity contribution is -0.141. The Morgan fingerprint density at radius 1 is 1.13 bits per heavy atom. The number of ether oxygens (including phenoxy) is 1. The summed E-state index contributed by atoms with van der Waals surface area (Å²) in [7, 11) is 0. The van der Waals surface area contributed by atoms with Crippen LogP contribution in [0.1, 0.15) is 44.9 Å². The number of carbonyl (C=O) groups is 1. The summed E-state index contributed by atoms with van der Waals surface area (Å²) >= 11 is 0. The standard InChI is InChI=1S/C13H20O2/c14-13-10(5-6-15-13)3-4-12-8-9-1-2-11(12)7-9/h9-12H,1-8H2. The SMILES string of the molecule is O=C1OCCC1CCC1CC2CCC1C2. The highest BCUT2D eigenvalue weighted by Crippen LogP contribution is 2.50. The van der Waals surface area contributed by atoms with Gasteiger partial charge >= 0.3 is 5.97 Å². The Balaban J connectivity index is 1.48. The Labute approximate surface area is 91.4 Å². The number of cyclic esters (lactones) is 1. The Bertz CT molecular complexity index is 261. The summed E-state index contributed by atoms with van der Waals surface area (Å²) in [5.74, 6) is 3.29. The van der Waals surface area contributed by atoms with Gasteiger partial charge in [0.25, 0.3) is 0 Å². The van der Waals surface area contributed by atoms with Crippen molar-refractivity contribution in [3.63, 3.8) is 0 Å². The van der Waals surface area contributed by atoms with Crippen molar-refractivity contribution in [2.75, 3.05) is 6.61 Å². The summed E-state index contributed by atoms with van der Waals surface area (Å²) in [6.07, 6.45) is 9.22. The maximum atomic E-state index is 11.3. The topological polar surface area (TPSA) is 26.3 Å².